The van der Waals surface area contributed by atoms with Crippen molar-refractivity contribution < 1.29 is 9.32 Å². The first-order chi connectivity index (χ1) is 16.0. The fourth-order valence-electron chi connectivity index (χ4n) is 4.36. The highest BCUT2D eigenvalue weighted by Gasteiger charge is 2.26. The Labute approximate surface area is 194 Å². The molecule has 1 amide bonds. The Hall–Kier alpha value is -3.46. The van der Waals surface area contributed by atoms with Crippen LogP contribution in [0.2, 0.25) is 5.02 Å². The van der Waals surface area contributed by atoms with E-state index in [1.54, 1.807) is 36.5 Å². The van der Waals surface area contributed by atoms with Gasteiger partial charge >= 0.3 is 5.69 Å². The highest BCUT2D eigenvalue weighted by molar-refractivity contribution is 6.30. The number of nitrogens with zero attached hydrogens (tertiary/aromatic N) is 6. The molecule has 0 saturated carbocycles. The summed E-state index contributed by atoms with van der Waals surface area (Å²) in [4.78, 5) is 32.3. The maximum absolute atomic E-state index is 13.0. The van der Waals surface area contributed by atoms with Gasteiger partial charge in [-0.2, -0.15) is 4.98 Å². The Morgan fingerprint density at radius 1 is 1.24 bits per heavy atom. The van der Waals surface area contributed by atoms with Gasteiger partial charge in [-0.25, -0.2) is 13.9 Å². The number of carbonyl (C=O) groups excluding carboxylic acids is 1. The van der Waals surface area contributed by atoms with Crippen LogP contribution < -0.4 is 5.69 Å². The lowest BCUT2D eigenvalue weighted by atomic mass is 10.00. The number of rotatable bonds is 5. The Kier molecular flexibility index (Phi) is 5.72. The van der Waals surface area contributed by atoms with Crippen molar-refractivity contribution in [3.05, 3.63) is 58.1 Å². The first-order valence-electron chi connectivity index (χ1n) is 11.0. The third kappa shape index (κ3) is 4.04. The number of likely N-dealkylation sites (tertiary alicyclic amines) is 1. The zero-order valence-corrected chi connectivity index (χ0v) is 18.9. The van der Waals surface area contributed by atoms with Crippen LogP contribution in [0.15, 0.2) is 51.9 Å². The molecule has 33 heavy (non-hydrogen) atoms. The van der Waals surface area contributed by atoms with Gasteiger partial charge in [0.15, 0.2) is 5.65 Å². The molecule has 1 unspecified atom stereocenters. The van der Waals surface area contributed by atoms with Gasteiger partial charge in [0, 0.05) is 29.4 Å². The molecule has 4 aromatic rings. The average Bonchev–Trinajstić information content (AvgIpc) is 3.44. The first-order valence-corrected chi connectivity index (χ1v) is 11.4. The van der Waals surface area contributed by atoms with Crippen LogP contribution in [0.5, 0.6) is 0 Å². The van der Waals surface area contributed by atoms with Gasteiger partial charge in [-0.05, 0) is 49.9 Å². The van der Waals surface area contributed by atoms with E-state index in [0.717, 1.165) is 32.2 Å². The number of hydrogen-bond donors (Lipinski definition) is 0. The van der Waals surface area contributed by atoms with E-state index >= 15 is 0 Å². The lowest BCUT2D eigenvalue weighted by molar-refractivity contribution is -0.135. The fourth-order valence-corrected chi connectivity index (χ4v) is 4.55. The molecular formula is C23H23ClN6O3. The number of carbonyl (C=O) groups is 1. The van der Waals surface area contributed by atoms with Crippen molar-refractivity contribution in [2.24, 2.45) is 0 Å². The van der Waals surface area contributed by atoms with E-state index in [1.807, 2.05) is 11.0 Å². The molecule has 3 aromatic heterocycles. The molecule has 10 heteroatoms. The summed E-state index contributed by atoms with van der Waals surface area (Å²) in [7, 11) is 0. The van der Waals surface area contributed by atoms with Crippen LogP contribution in [-0.2, 0) is 11.3 Å². The lowest BCUT2D eigenvalue weighted by Crippen LogP contribution is -2.45. The summed E-state index contributed by atoms with van der Waals surface area (Å²) in [5, 5.41) is 9.05. The number of piperidine rings is 1. The van der Waals surface area contributed by atoms with E-state index < -0.39 is 0 Å². The SMILES string of the molecule is CCC1CCCCN1C(=O)Cn1nc2c(-c3nc(-c4cccc(Cl)c4)no3)cccn2c1=O. The number of hydrogen-bond acceptors (Lipinski definition) is 6. The minimum absolute atomic E-state index is 0.0883. The predicted octanol–water partition coefficient (Wildman–Crippen LogP) is 3.66. The lowest BCUT2D eigenvalue weighted by Gasteiger charge is -2.35. The van der Waals surface area contributed by atoms with Gasteiger partial charge in [-0.15, -0.1) is 5.10 Å². The highest BCUT2D eigenvalue weighted by Crippen LogP contribution is 2.26. The Morgan fingerprint density at radius 3 is 2.94 bits per heavy atom. The molecule has 0 bridgehead atoms. The van der Waals surface area contributed by atoms with Crippen molar-refractivity contribution in [2.75, 3.05) is 6.54 Å². The molecule has 9 nitrogen and oxygen atoms in total. The summed E-state index contributed by atoms with van der Waals surface area (Å²) in [5.74, 6) is 0.512. The third-order valence-corrected chi connectivity index (χ3v) is 6.29. The van der Waals surface area contributed by atoms with Crippen LogP contribution in [0, 0.1) is 0 Å². The number of benzene rings is 1. The van der Waals surface area contributed by atoms with Crippen molar-refractivity contribution >= 4 is 23.2 Å². The van der Waals surface area contributed by atoms with Crippen LogP contribution in [-0.4, -0.2) is 47.7 Å². The Morgan fingerprint density at radius 2 is 2.12 bits per heavy atom. The van der Waals surface area contributed by atoms with Gasteiger partial charge in [0.05, 0.1) is 5.56 Å². The molecule has 0 aliphatic carbocycles. The summed E-state index contributed by atoms with van der Waals surface area (Å²) in [5.41, 5.74) is 1.18. The molecule has 4 heterocycles. The predicted molar refractivity (Wildman–Crippen MR) is 123 cm³/mol. The van der Waals surface area contributed by atoms with Gasteiger partial charge < -0.3 is 9.42 Å². The molecule has 1 saturated heterocycles. The zero-order chi connectivity index (χ0) is 22.9. The fraction of sp³-hybridized carbons (Fsp3) is 0.348. The maximum atomic E-state index is 13.0. The van der Waals surface area contributed by atoms with Crippen LogP contribution >= 0.6 is 11.6 Å². The second-order valence-electron chi connectivity index (χ2n) is 8.13. The minimum atomic E-state index is -0.389. The summed E-state index contributed by atoms with van der Waals surface area (Å²) < 4.78 is 8.06. The monoisotopic (exact) mass is 466 g/mol. The summed E-state index contributed by atoms with van der Waals surface area (Å²) >= 11 is 6.06. The van der Waals surface area contributed by atoms with Gasteiger partial charge in [0.2, 0.25) is 11.7 Å². The number of pyridine rings is 1. The topological polar surface area (TPSA) is 98.5 Å². The molecule has 1 aliphatic rings. The summed E-state index contributed by atoms with van der Waals surface area (Å²) in [6.07, 6.45) is 5.62. The molecule has 1 aliphatic heterocycles. The number of amides is 1. The molecule has 0 N–H and O–H groups in total. The van der Waals surface area contributed by atoms with Crippen molar-refractivity contribution in [1.29, 1.82) is 0 Å². The van der Waals surface area contributed by atoms with E-state index in [-0.39, 0.29) is 30.1 Å². The van der Waals surface area contributed by atoms with E-state index in [9.17, 15) is 9.59 Å². The average molecular weight is 467 g/mol. The normalized spacial score (nSPS) is 16.4. The summed E-state index contributed by atoms with van der Waals surface area (Å²) in [6.45, 7) is 2.70. The Bertz CT molecular complexity index is 1370. The molecule has 0 radical (unpaired) electrons. The number of halogens is 1. The second-order valence-corrected chi connectivity index (χ2v) is 8.57. The van der Waals surface area contributed by atoms with E-state index in [0.29, 0.717) is 27.6 Å². The maximum Gasteiger partial charge on any atom is 0.350 e. The van der Waals surface area contributed by atoms with Crippen LogP contribution in [0.1, 0.15) is 32.6 Å². The largest absolute Gasteiger partial charge is 0.350 e. The van der Waals surface area contributed by atoms with Crippen molar-refractivity contribution in [3.8, 4) is 22.8 Å². The first kappa shape index (κ1) is 21.4. The van der Waals surface area contributed by atoms with Crippen molar-refractivity contribution in [3.63, 3.8) is 0 Å². The van der Waals surface area contributed by atoms with Crippen LogP contribution in [0.25, 0.3) is 28.5 Å². The zero-order valence-electron chi connectivity index (χ0n) is 18.1. The number of aromatic nitrogens is 5. The van der Waals surface area contributed by atoms with Gasteiger partial charge in [0.1, 0.15) is 6.54 Å². The highest BCUT2D eigenvalue weighted by atomic mass is 35.5. The van der Waals surface area contributed by atoms with E-state index in [2.05, 4.69) is 22.2 Å². The number of fused-ring (bicyclic) bond motifs is 1. The quantitative estimate of drug-likeness (QED) is 0.445. The molecule has 1 fully saturated rings. The summed E-state index contributed by atoms with van der Waals surface area (Å²) in [6, 6.07) is 10.8. The standard InChI is InChI=1S/C23H23ClN6O3/c1-2-17-9-3-4-11-28(17)19(31)14-30-23(32)29-12-6-10-18(21(29)26-30)22-25-20(27-33-22)15-7-5-8-16(24)13-15/h5-8,10,12-13,17H,2-4,9,11,14H2,1H3. The van der Waals surface area contributed by atoms with Gasteiger partial charge in [0.25, 0.3) is 5.89 Å². The van der Waals surface area contributed by atoms with Gasteiger partial charge in [-0.3, -0.25) is 4.79 Å². The third-order valence-electron chi connectivity index (χ3n) is 6.05. The Balaban J connectivity index is 1.47. The molecule has 5 rings (SSSR count). The van der Waals surface area contributed by atoms with Crippen LogP contribution in [0.3, 0.4) is 0 Å². The molecule has 170 valence electrons. The smallest absolute Gasteiger partial charge is 0.338 e. The minimum Gasteiger partial charge on any atom is -0.338 e. The van der Waals surface area contributed by atoms with Crippen molar-refractivity contribution in [1.82, 2.24) is 29.2 Å². The molecule has 0 spiro atoms. The van der Waals surface area contributed by atoms with Crippen molar-refractivity contribution in [2.45, 2.75) is 45.2 Å². The van der Waals surface area contributed by atoms with E-state index in [4.69, 9.17) is 16.1 Å². The van der Waals surface area contributed by atoms with Crippen LogP contribution in [0.4, 0.5) is 0 Å². The second kappa shape index (κ2) is 8.82. The van der Waals surface area contributed by atoms with Gasteiger partial charge in [-0.1, -0.05) is 35.8 Å². The molecule has 1 aromatic carbocycles. The molecular weight excluding hydrogens is 444 g/mol. The van der Waals surface area contributed by atoms with E-state index in [1.165, 1.54) is 9.08 Å². The molecule has 1 atom stereocenters.